The molecule has 0 heterocycles. The Balaban J connectivity index is 2.04. The van der Waals surface area contributed by atoms with Gasteiger partial charge in [-0.1, -0.05) is 56.9 Å². The summed E-state index contributed by atoms with van der Waals surface area (Å²) in [6.45, 7) is 2.21. The van der Waals surface area contributed by atoms with Crippen LogP contribution in [-0.2, 0) is 6.42 Å². The van der Waals surface area contributed by atoms with Gasteiger partial charge in [0.25, 0.3) is 0 Å². The van der Waals surface area contributed by atoms with Gasteiger partial charge >= 0.3 is 0 Å². The van der Waals surface area contributed by atoms with Crippen molar-refractivity contribution in [2.75, 3.05) is 0 Å². The van der Waals surface area contributed by atoms with Crippen LogP contribution in [-0.4, -0.2) is 0 Å². The molecule has 0 amide bonds. The maximum atomic E-state index is 6.35. The molecule has 1 nitrogen and oxygen atoms in total. The van der Waals surface area contributed by atoms with E-state index in [9.17, 15) is 0 Å². The summed E-state index contributed by atoms with van der Waals surface area (Å²) >= 11 is 0. The number of hydrogen-bond acceptors (Lipinski definition) is 1. The van der Waals surface area contributed by atoms with Crippen molar-refractivity contribution in [1.82, 2.24) is 0 Å². The van der Waals surface area contributed by atoms with Gasteiger partial charge in [-0.2, -0.15) is 0 Å². The highest BCUT2D eigenvalue weighted by atomic mass is 14.6. The van der Waals surface area contributed by atoms with Crippen LogP contribution in [0.2, 0.25) is 0 Å². The molecule has 0 aromatic heterocycles. The van der Waals surface area contributed by atoms with Gasteiger partial charge in [0.2, 0.25) is 0 Å². The van der Waals surface area contributed by atoms with Crippen LogP contribution in [0.1, 0.15) is 56.2 Å². The largest absolute Gasteiger partial charge is 0.324 e. The van der Waals surface area contributed by atoms with Gasteiger partial charge < -0.3 is 5.73 Å². The number of hydrogen-bond donors (Lipinski definition) is 1. The van der Waals surface area contributed by atoms with Gasteiger partial charge in [0, 0.05) is 6.04 Å². The SMILES string of the molecule is CCc1ccccc1C(N)CC1CCCC1. The van der Waals surface area contributed by atoms with Gasteiger partial charge in [0.05, 0.1) is 0 Å². The van der Waals surface area contributed by atoms with Crippen LogP contribution >= 0.6 is 0 Å². The van der Waals surface area contributed by atoms with Crippen molar-refractivity contribution in [2.45, 2.75) is 51.5 Å². The average molecular weight is 217 g/mol. The van der Waals surface area contributed by atoms with Gasteiger partial charge in [-0.05, 0) is 29.9 Å². The third-order valence-corrected chi connectivity index (χ3v) is 3.90. The summed E-state index contributed by atoms with van der Waals surface area (Å²) in [5.74, 6) is 0.875. The minimum Gasteiger partial charge on any atom is -0.324 e. The Bertz CT molecular complexity index is 326. The molecule has 2 N–H and O–H groups in total. The van der Waals surface area contributed by atoms with E-state index in [-0.39, 0.29) is 6.04 Å². The zero-order chi connectivity index (χ0) is 11.4. The maximum Gasteiger partial charge on any atom is 0.0300 e. The number of rotatable bonds is 4. The summed E-state index contributed by atoms with van der Waals surface area (Å²) in [5, 5.41) is 0. The first kappa shape index (κ1) is 11.7. The first-order chi connectivity index (χ1) is 7.81. The molecule has 1 unspecified atom stereocenters. The lowest BCUT2D eigenvalue weighted by atomic mass is 9.91. The molecular weight excluding hydrogens is 194 g/mol. The zero-order valence-electron chi connectivity index (χ0n) is 10.3. The Morgan fingerprint density at radius 1 is 1.25 bits per heavy atom. The average Bonchev–Trinajstić information content (AvgIpc) is 2.81. The van der Waals surface area contributed by atoms with Crippen molar-refractivity contribution in [3.05, 3.63) is 35.4 Å². The third kappa shape index (κ3) is 2.65. The van der Waals surface area contributed by atoms with E-state index in [0.717, 1.165) is 12.3 Å². The maximum absolute atomic E-state index is 6.35. The molecule has 1 aromatic carbocycles. The van der Waals surface area contributed by atoms with Crippen LogP contribution < -0.4 is 5.73 Å². The van der Waals surface area contributed by atoms with E-state index in [1.807, 2.05) is 0 Å². The van der Waals surface area contributed by atoms with E-state index < -0.39 is 0 Å². The van der Waals surface area contributed by atoms with Gasteiger partial charge in [-0.3, -0.25) is 0 Å². The molecule has 1 fully saturated rings. The van der Waals surface area contributed by atoms with Crippen LogP contribution in [0.4, 0.5) is 0 Å². The second kappa shape index (κ2) is 5.49. The van der Waals surface area contributed by atoms with Crippen molar-refractivity contribution in [3.63, 3.8) is 0 Å². The van der Waals surface area contributed by atoms with Crippen LogP contribution in [0.25, 0.3) is 0 Å². The number of benzene rings is 1. The lowest BCUT2D eigenvalue weighted by Crippen LogP contribution is -2.15. The van der Waals surface area contributed by atoms with E-state index in [0.29, 0.717) is 0 Å². The highest BCUT2D eigenvalue weighted by molar-refractivity contribution is 5.29. The summed E-state index contributed by atoms with van der Waals surface area (Å²) in [6, 6.07) is 8.90. The third-order valence-electron chi connectivity index (χ3n) is 3.90. The Labute approximate surface area is 99.0 Å². The second-order valence-corrected chi connectivity index (χ2v) is 5.05. The normalized spacial score (nSPS) is 18.9. The second-order valence-electron chi connectivity index (χ2n) is 5.05. The molecule has 1 atom stereocenters. The monoisotopic (exact) mass is 217 g/mol. The standard InChI is InChI=1S/C15H23N/c1-2-13-9-5-6-10-14(13)15(16)11-12-7-3-4-8-12/h5-6,9-10,12,15H,2-4,7-8,11,16H2,1H3. The van der Waals surface area contributed by atoms with Crippen molar-refractivity contribution in [2.24, 2.45) is 11.7 Å². The first-order valence-corrected chi connectivity index (χ1v) is 6.64. The molecule has 0 aliphatic heterocycles. The van der Waals surface area contributed by atoms with Crippen LogP contribution in [0.3, 0.4) is 0 Å². The molecular formula is C15H23N. The van der Waals surface area contributed by atoms with Crippen molar-refractivity contribution in [1.29, 1.82) is 0 Å². The van der Waals surface area contributed by atoms with Crippen molar-refractivity contribution >= 4 is 0 Å². The first-order valence-electron chi connectivity index (χ1n) is 6.64. The molecule has 1 aliphatic carbocycles. The fourth-order valence-electron chi connectivity index (χ4n) is 2.95. The highest BCUT2D eigenvalue weighted by Gasteiger charge is 2.19. The zero-order valence-corrected chi connectivity index (χ0v) is 10.3. The Morgan fingerprint density at radius 2 is 1.94 bits per heavy atom. The van der Waals surface area contributed by atoms with E-state index in [4.69, 9.17) is 5.73 Å². The molecule has 1 aliphatic rings. The summed E-state index contributed by atoms with van der Waals surface area (Å²) in [4.78, 5) is 0. The molecule has 16 heavy (non-hydrogen) atoms. The molecule has 1 heteroatoms. The smallest absolute Gasteiger partial charge is 0.0300 e. The Kier molecular flexibility index (Phi) is 4.00. The van der Waals surface area contributed by atoms with Crippen molar-refractivity contribution in [3.8, 4) is 0 Å². The summed E-state index contributed by atoms with van der Waals surface area (Å²) in [7, 11) is 0. The highest BCUT2D eigenvalue weighted by Crippen LogP contribution is 2.32. The number of nitrogens with two attached hydrogens (primary N) is 1. The molecule has 2 rings (SSSR count). The molecule has 1 aromatic rings. The minimum absolute atomic E-state index is 0.249. The topological polar surface area (TPSA) is 26.0 Å². The van der Waals surface area contributed by atoms with E-state index in [1.54, 1.807) is 0 Å². The fraction of sp³-hybridized carbons (Fsp3) is 0.600. The van der Waals surface area contributed by atoms with Gasteiger partial charge in [-0.15, -0.1) is 0 Å². The Hall–Kier alpha value is -0.820. The molecule has 1 saturated carbocycles. The summed E-state index contributed by atoms with van der Waals surface area (Å²) < 4.78 is 0. The fourth-order valence-corrected chi connectivity index (χ4v) is 2.95. The summed E-state index contributed by atoms with van der Waals surface area (Å²) in [6.07, 6.45) is 7.87. The van der Waals surface area contributed by atoms with Gasteiger partial charge in [-0.25, -0.2) is 0 Å². The van der Waals surface area contributed by atoms with Crippen LogP contribution in [0, 0.1) is 5.92 Å². The van der Waals surface area contributed by atoms with E-state index in [1.165, 1.54) is 43.2 Å². The van der Waals surface area contributed by atoms with E-state index in [2.05, 4.69) is 31.2 Å². The predicted molar refractivity (Wildman–Crippen MR) is 69.3 cm³/mol. The molecule has 0 bridgehead atoms. The van der Waals surface area contributed by atoms with Crippen LogP contribution in [0.5, 0.6) is 0 Å². The quantitative estimate of drug-likeness (QED) is 0.815. The Morgan fingerprint density at radius 3 is 2.62 bits per heavy atom. The molecule has 0 saturated heterocycles. The minimum atomic E-state index is 0.249. The van der Waals surface area contributed by atoms with Crippen molar-refractivity contribution < 1.29 is 0 Å². The van der Waals surface area contributed by atoms with Crippen LogP contribution in [0.15, 0.2) is 24.3 Å². The summed E-state index contributed by atoms with van der Waals surface area (Å²) in [5.41, 5.74) is 9.15. The lowest BCUT2D eigenvalue weighted by molar-refractivity contribution is 0.449. The number of aryl methyl sites for hydroxylation is 1. The van der Waals surface area contributed by atoms with Gasteiger partial charge in [0.1, 0.15) is 0 Å². The molecule has 0 radical (unpaired) electrons. The molecule has 0 spiro atoms. The van der Waals surface area contributed by atoms with E-state index >= 15 is 0 Å². The van der Waals surface area contributed by atoms with Gasteiger partial charge in [0.15, 0.2) is 0 Å². The molecule has 88 valence electrons. The predicted octanol–water partition coefficient (Wildman–Crippen LogP) is 3.83. The lowest BCUT2D eigenvalue weighted by Gasteiger charge is -2.19.